The summed E-state index contributed by atoms with van der Waals surface area (Å²) in [7, 11) is 1.89. The van der Waals surface area contributed by atoms with E-state index in [2.05, 4.69) is 23.3 Å². The number of hydrogen-bond donors (Lipinski definition) is 1. The van der Waals surface area contributed by atoms with E-state index in [9.17, 15) is 0 Å². The first-order chi connectivity index (χ1) is 6.31. The van der Waals surface area contributed by atoms with E-state index < -0.39 is 0 Å². The summed E-state index contributed by atoms with van der Waals surface area (Å²) in [4.78, 5) is 4.05. The minimum Gasteiger partial charge on any atom is -0.315 e. The summed E-state index contributed by atoms with van der Waals surface area (Å²) in [5, 5.41) is 2.98. The average Bonchev–Trinajstić information content (AvgIpc) is 2.16. The molecule has 72 valence electrons. The van der Waals surface area contributed by atoms with Crippen LogP contribution in [0.25, 0.3) is 0 Å². The molecule has 0 amide bonds. The van der Waals surface area contributed by atoms with Crippen molar-refractivity contribution < 1.29 is 0 Å². The maximum absolute atomic E-state index is 4.05. The maximum Gasteiger partial charge on any atom is 0.0306 e. The van der Waals surface area contributed by atoms with Gasteiger partial charge in [0, 0.05) is 19.0 Å². The summed E-state index contributed by atoms with van der Waals surface area (Å²) in [6.45, 7) is 4.89. The third-order valence-corrected chi connectivity index (χ3v) is 1.50. The van der Waals surface area contributed by atoms with E-state index in [-0.39, 0.29) is 0 Å². The van der Waals surface area contributed by atoms with Crippen LogP contribution in [0.2, 0.25) is 0 Å². The normalized spacial score (nSPS) is 13.9. The number of nitrogens with one attached hydrogen (secondary N) is 1. The number of allylic oxidation sites excluding steroid dienone is 5. The van der Waals surface area contributed by atoms with E-state index in [1.54, 1.807) is 6.20 Å². The second kappa shape index (κ2) is 8.94. The quantitative estimate of drug-likeness (QED) is 0.507. The Morgan fingerprint density at radius 3 is 2.77 bits per heavy atom. The fraction of sp³-hybridized carbons (Fsp3) is 0.364. The fourth-order valence-electron chi connectivity index (χ4n) is 0.608. The van der Waals surface area contributed by atoms with Gasteiger partial charge in [0.1, 0.15) is 0 Å². The first-order valence-corrected chi connectivity index (χ1v) is 4.43. The Balaban J connectivity index is 3.69. The summed E-state index contributed by atoms with van der Waals surface area (Å²) < 4.78 is 0. The molecule has 0 saturated carbocycles. The molecule has 0 spiro atoms. The van der Waals surface area contributed by atoms with Gasteiger partial charge in [0.05, 0.1) is 0 Å². The topological polar surface area (TPSA) is 24.4 Å². The summed E-state index contributed by atoms with van der Waals surface area (Å²) in [5.41, 5.74) is 1.25. The highest BCUT2D eigenvalue weighted by Crippen LogP contribution is 1.93. The Hall–Kier alpha value is -1.15. The van der Waals surface area contributed by atoms with Crippen LogP contribution in [0.5, 0.6) is 0 Å². The van der Waals surface area contributed by atoms with Gasteiger partial charge in [-0.1, -0.05) is 23.8 Å². The van der Waals surface area contributed by atoms with Crippen LogP contribution >= 0.6 is 0 Å². The fourth-order valence-corrected chi connectivity index (χ4v) is 0.608. The maximum atomic E-state index is 4.05. The highest BCUT2D eigenvalue weighted by Gasteiger charge is 1.73. The van der Waals surface area contributed by atoms with E-state index in [0.29, 0.717) is 0 Å². The van der Waals surface area contributed by atoms with Crippen molar-refractivity contribution in [2.75, 3.05) is 13.6 Å². The highest BCUT2D eigenvalue weighted by atomic mass is 14.8. The molecule has 0 fully saturated rings. The molecule has 1 N–H and O–H groups in total. The van der Waals surface area contributed by atoms with Crippen LogP contribution in [0.1, 0.15) is 13.8 Å². The van der Waals surface area contributed by atoms with Gasteiger partial charge in [-0.3, -0.25) is 4.99 Å². The SMILES string of the molecule is C\C=C(C)/C=C\C=C\N=C/CNC. The zero-order valence-electron chi connectivity index (χ0n) is 8.62. The van der Waals surface area contributed by atoms with Gasteiger partial charge < -0.3 is 5.32 Å². The molecule has 0 aromatic carbocycles. The predicted molar refractivity (Wildman–Crippen MR) is 60.1 cm³/mol. The molecular weight excluding hydrogens is 160 g/mol. The van der Waals surface area contributed by atoms with Gasteiger partial charge in [-0.15, -0.1) is 0 Å². The van der Waals surface area contributed by atoms with E-state index in [0.717, 1.165) is 6.54 Å². The lowest BCUT2D eigenvalue weighted by molar-refractivity contribution is 0.957. The molecule has 0 aliphatic rings. The van der Waals surface area contributed by atoms with Crippen molar-refractivity contribution in [1.29, 1.82) is 0 Å². The lowest BCUT2D eigenvalue weighted by Gasteiger charge is -1.84. The zero-order valence-corrected chi connectivity index (χ0v) is 8.62. The van der Waals surface area contributed by atoms with Gasteiger partial charge in [0.2, 0.25) is 0 Å². The first-order valence-electron chi connectivity index (χ1n) is 4.43. The van der Waals surface area contributed by atoms with Crippen LogP contribution in [-0.2, 0) is 0 Å². The summed E-state index contributed by atoms with van der Waals surface area (Å²) >= 11 is 0. The molecule has 2 heteroatoms. The van der Waals surface area contributed by atoms with Gasteiger partial charge in [0.15, 0.2) is 0 Å². The molecule has 0 atom stereocenters. The standard InChI is InChI=1S/C11H18N2/c1-4-11(2)7-5-6-8-13-10-9-12-3/h4-8,10,12H,9H2,1-3H3/b7-5-,8-6+,11-4-,13-10-. The minimum atomic E-state index is 0.807. The van der Waals surface area contributed by atoms with E-state index in [4.69, 9.17) is 0 Å². The molecule has 0 unspecified atom stereocenters. The summed E-state index contributed by atoms with van der Waals surface area (Å²) in [6, 6.07) is 0. The Bertz CT molecular complexity index is 222. The van der Waals surface area contributed by atoms with Crippen LogP contribution < -0.4 is 5.32 Å². The van der Waals surface area contributed by atoms with Crippen molar-refractivity contribution in [3.63, 3.8) is 0 Å². The van der Waals surface area contributed by atoms with Crippen LogP contribution in [0, 0.1) is 0 Å². The molecular formula is C11H18N2. The summed E-state index contributed by atoms with van der Waals surface area (Å²) in [5.74, 6) is 0. The first kappa shape index (κ1) is 11.8. The predicted octanol–water partition coefficient (Wildman–Crippen LogP) is 2.31. The van der Waals surface area contributed by atoms with Crippen molar-refractivity contribution in [2.24, 2.45) is 4.99 Å². The smallest absolute Gasteiger partial charge is 0.0306 e. The highest BCUT2D eigenvalue weighted by molar-refractivity contribution is 5.60. The van der Waals surface area contributed by atoms with Crippen molar-refractivity contribution in [2.45, 2.75) is 13.8 Å². The molecule has 0 aliphatic carbocycles. The van der Waals surface area contributed by atoms with Gasteiger partial charge >= 0.3 is 0 Å². The van der Waals surface area contributed by atoms with Crippen molar-refractivity contribution in [3.8, 4) is 0 Å². The molecule has 13 heavy (non-hydrogen) atoms. The van der Waals surface area contributed by atoms with Gasteiger partial charge in [-0.25, -0.2) is 0 Å². The lowest BCUT2D eigenvalue weighted by Crippen LogP contribution is -2.07. The lowest BCUT2D eigenvalue weighted by atomic mass is 10.3. The largest absolute Gasteiger partial charge is 0.315 e. The molecule has 0 aromatic heterocycles. The van der Waals surface area contributed by atoms with Gasteiger partial charge in [-0.2, -0.15) is 0 Å². The third kappa shape index (κ3) is 8.76. The monoisotopic (exact) mass is 178 g/mol. The van der Waals surface area contributed by atoms with E-state index >= 15 is 0 Å². The van der Waals surface area contributed by atoms with Crippen LogP contribution in [0.3, 0.4) is 0 Å². The molecule has 2 nitrogen and oxygen atoms in total. The van der Waals surface area contributed by atoms with Crippen molar-refractivity contribution in [1.82, 2.24) is 5.32 Å². The number of nitrogens with zero attached hydrogens (tertiary/aromatic N) is 1. The average molecular weight is 178 g/mol. The van der Waals surface area contributed by atoms with Crippen LogP contribution in [-0.4, -0.2) is 19.8 Å². The Labute approximate surface area is 80.8 Å². The van der Waals surface area contributed by atoms with Crippen molar-refractivity contribution in [3.05, 3.63) is 36.1 Å². The molecule has 0 bridgehead atoms. The molecule has 0 saturated heterocycles. The molecule has 0 radical (unpaired) electrons. The van der Waals surface area contributed by atoms with Crippen LogP contribution in [0.15, 0.2) is 41.1 Å². The summed E-state index contributed by atoms with van der Waals surface area (Å²) in [6.07, 6.45) is 11.6. The van der Waals surface area contributed by atoms with Gasteiger partial charge in [0.25, 0.3) is 0 Å². The number of aliphatic imine (C=N–C) groups is 1. The molecule has 0 aromatic rings. The van der Waals surface area contributed by atoms with E-state index in [1.165, 1.54) is 5.57 Å². The van der Waals surface area contributed by atoms with Crippen LogP contribution in [0.4, 0.5) is 0 Å². The zero-order chi connectivity index (χ0) is 9.94. The third-order valence-electron chi connectivity index (χ3n) is 1.50. The Morgan fingerprint density at radius 2 is 2.15 bits per heavy atom. The number of hydrogen-bond acceptors (Lipinski definition) is 2. The minimum absolute atomic E-state index is 0.807. The second-order valence-corrected chi connectivity index (χ2v) is 2.62. The Morgan fingerprint density at radius 1 is 1.38 bits per heavy atom. The van der Waals surface area contributed by atoms with Gasteiger partial charge in [-0.05, 0) is 27.0 Å². The van der Waals surface area contributed by atoms with E-state index in [1.807, 2.05) is 38.4 Å². The second-order valence-electron chi connectivity index (χ2n) is 2.62. The molecule has 0 rings (SSSR count). The molecule has 0 aliphatic heterocycles. The molecule has 0 heterocycles. The van der Waals surface area contributed by atoms with Crippen molar-refractivity contribution >= 4 is 6.21 Å². The Kier molecular flexibility index (Phi) is 8.15. The number of rotatable bonds is 5.